The van der Waals surface area contributed by atoms with Gasteiger partial charge in [-0.05, 0) is 12.5 Å². The third-order valence-corrected chi connectivity index (χ3v) is 3.68. The van der Waals surface area contributed by atoms with Crippen molar-refractivity contribution in [1.29, 1.82) is 0 Å². The number of nitro benzene ring substituents is 1. The van der Waals surface area contributed by atoms with Crippen LogP contribution in [0.3, 0.4) is 0 Å². The zero-order valence-corrected chi connectivity index (χ0v) is 14.0. The molecule has 3 amide bonds. The maximum absolute atomic E-state index is 12.3. The number of nitrogens with one attached hydrogen (secondary N) is 1. The molecule has 2 rings (SSSR count). The van der Waals surface area contributed by atoms with Crippen LogP contribution in [0.5, 0.6) is 0 Å². The molecule has 0 saturated heterocycles. The first-order valence-electron chi connectivity index (χ1n) is 7.92. The Labute approximate surface area is 148 Å². The Kier molecular flexibility index (Phi) is 5.99. The average molecular weight is 363 g/mol. The highest BCUT2D eigenvalue weighted by atomic mass is 16.6. The van der Waals surface area contributed by atoms with Gasteiger partial charge in [-0.25, -0.2) is 0 Å². The smallest absolute Gasteiger partial charge is 0.326 e. The Bertz CT molecular complexity index is 775. The molecule has 0 saturated carbocycles. The van der Waals surface area contributed by atoms with E-state index in [0.29, 0.717) is 11.4 Å². The number of fused-ring (bicyclic) bond motifs is 1. The van der Waals surface area contributed by atoms with Crippen LogP contribution in [-0.4, -0.2) is 53.2 Å². The zero-order valence-electron chi connectivity index (χ0n) is 14.0. The summed E-state index contributed by atoms with van der Waals surface area (Å²) in [5.74, 6) is -3.22. The number of amides is 3. The number of unbranched alkanes of at least 4 members (excludes halogenated alkanes) is 1. The highest BCUT2D eigenvalue weighted by molar-refractivity contribution is 6.24. The standard InChI is InChI=1S/C16H17N3O7/c1-2-3-7-17-12(20)9-26-13(21)8-18-15(22)10-5-4-6-11(19(24)25)14(10)16(18)23/h4-6H,2-3,7-9H2,1H3,(H,17,20). The van der Waals surface area contributed by atoms with E-state index in [1.54, 1.807) is 0 Å². The van der Waals surface area contributed by atoms with Crippen LogP contribution in [0.2, 0.25) is 0 Å². The van der Waals surface area contributed by atoms with E-state index >= 15 is 0 Å². The van der Waals surface area contributed by atoms with Crippen molar-refractivity contribution in [2.24, 2.45) is 0 Å². The van der Waals surface area contributed by atoms with Crippen LogP contribution < -0.4 is 5.32 Å². The second-order valence-electron chi connectivity index (χ2n) is 5.52. The molecule has 0 bridgehead atoms. The summed E-state index contributed by atoms with van der Waals surface area (Å²) in [6, 6.07) is 3.66. The topological polar surface area (TPSA) is 136 Å². The molecule has 1 aromatic rings. The molecular weight excluding hydrogens is 346 g/mol. The van der Waals surface area contributed by atoms with Gasteiger partial charge in [0.15, 0.2) is 6.61 Å². The first-order chi connectivity index (χ1) is 12.4. The molecule has 0 unspecified atom stereocenters. The monoisotopic (exact) mass is 363 g/mol. The van der Waals surface area contributed by atoms with Gasteiger partial charge in [-0.2, -0.15) is 0 Å². The van der Waals surface area contributed by atoms with Crippen molar-refractivity contribution in [2.45, 2.75) is 19.8 Å². The number of carbonyl (C=O) groups is 4. The lowest BCUT2D eigenvalue weighted by atomic mass is 10.1. The number of rotatable bonds is 8. The van der Waals surface area contributed by atoms with Crippen LogP contribution >= 0.6 is 0 Å². The first-order valence-corrected chi connectivity index (χ1v) is 7.92. The van der Waals surface area contributed by atoms with Crippen molar-refractivity contribution in [3.8, 4) is 0 Å². The summed E-state index contributed by atoms with van der Waals surface area (Å²) in [4.78, 5) is 58.6. The molecule has 0 radical (unpaired) electrons. The Morgan fingerprint density at radius 3 is 2.65 bits per heavy atom. The quantitative estimate of drug-likeness (QED) is 0.235. The molecule has 0 aromatic heterocycles. The number of hydrogen-bond donors (Lipinski definition) is 1. The number of nitrogens with zero attached hydrogens (tertiary/aromatic N) is 2. The van der Waals surface area contributed by atoms with Crippen LogP contribution in [0.4, 0.5) is 5.69 Å². The van der Waals surface area contributed by atoms with Crippen LogP contribution in [0.15, 0.2) is 18.2 Å². The van der Waals surface area contributed by atoms with Gasteiger partial charge >= 0.3 is 5.97 Å². The zero-order chi connectivity index (χ0) is 19.3. The Morgan fingerprint density at radius 2 is 2.00 bits per heavy atom. The summed E-state index contributed by atoms with van der Waals surface area (Å²) in [6.45, 7) is 1.14. The van der Waals surface area contributed by atoms with E-state index in [2.05, 4.69) is 5.32 Å². The molecule has 10 heteroatoms. The number of esters is 1. The minimum atomic E-state index is -0.965. The van der Waals surface area contributed by atoms with Crippen molar-refractivity contribution in [3.05, 3.63) is 39.4 Å². The third-order valence-electron chi connectivity index (χ3n) is 3.68. The van der Waals surface area contributed by atoms with Gasteiger partial charge in [-0.3, -0.25) is 34.2 Å². The highest BCUT2D eigenvalue weighted by Crippen LogP contribution is 2.30. The van der Waals surface area contributed by atoms with E-state index in [1.165, 1.54) is 12.1 Å². The molecule has 10 nitrogen and oxygen atoms in total. The molecule has 1 aromatic carbocycles. The lowest BCUT2D eigenvalue weighted by Gasteiger charge is -2.12. The molecule has 1 N–H and O–H groups in total. The Hall–Kier alpha value is -3.30. The molecule has 1 aliphatic heterocycles. The summed E-state index contributed by atoms with van der Waals surface area (Å²) < 4.78 is 4.74. The SMILES string of the molecule is CCCCNC(=O)COC(=O)CN1C(=O)c2cccc([N+](=O)[O-])c2C1=O. The molecule has 138 valence electrons. The van der Waals surface area contributed by atoms with E-state index in [4.69, 9.17) is 4.74 Å². The average Bonchev–Trinajstić information content (AvgIpc) is 2.85. The predicted octanol–water partition coefficient (Wildman–Crippen LogP) is 0.650. The van der Waals surface area contributed by atoms with Crippen molar-refractivity contribution in [3.63, 3.8) is 0 Å². The van der Waals surface area contributed by atoms with Gasteiger partial charge < -0.3 is 10.1 Å². The minimum absolute atomic E-state index is 0.144. The number of nitro groups is 1. The van der Waals surface area contributed by atoms with Crippen LogP contribution in [0, 0.1) is 10.1 Å². The largest absolute Gasteiger partial charge is 0.454 e. The van der Waals surface area contributed by atoms with Gasteiger partial charge in [-0.1, -0.05) is 19.4 Å². The molecule has 1 aliphatic rings. The fraction of sp³-hybridized carbons (Fsp3) is 0.375. The normalized spacial score (nSPS) is 12.7. The number of ether oxygens (including phenoxy) is 1. The van der Waals surface area contributed by atoms with E-state index in [1.807, 2.05) is 6.92 Å². The molecule has 0 atom stereocenters. The molecule has 26 heavy (non-hydrogen) atoms. The van der Waals surface area contributed by atoms with Crippen LogP contribution in [-0.2, 0) is 14.3 Å². The number of hydrogen-bond acceptors (Lipinski definition) is 7. The lowest BCUT2D eigenvalue weighted by Crippen LogP contribution is -2.37. The van der Waals surface area contributed by atoms with Gasteiger partial charge in [-0.15, -0.1) is 0 Å². The molecule has 0 aliphatic carbocycles. The van der Waals surface area contributed by atoms with E-state index in [-0.39, 0.29) is 11.1 Å². The van der Waals surface area contributed by atoms with Gasteiger partial charge in [0.2, 0.25) is 0 Å². The fourth-order valence-corrected chi connectivity index (χ4v) is 2.39. The maximum atomic E-state index is 12.3. The van der Waals surface area contributed by atoms with E-state index in [0.717, 1.165) is 18.9 Å². The van der Waals surface area contributed by atoms with E-state index < -0.39 is 47.5 Å². The van der Waals surface area contributed by atoms with Crippen molar-refractivity contribution >= 4 is 29.4 Å². The van der Waals surface area contributed by atoms with Gasteiger partial charge in [0.1, 0.15) is 12.1 Å². The Morgan fingerprint density at radius 1 is 1.27 bits per heavy atom. The van der Waals surface area contributed by atoms with Crippen molar-refractivity contribution in [2.75, 3.05) is 19.7 Å². The van der Waals surface area contributed by atoms with Crippen molar-refractivity contribution < 1.29 is 28.8 Å². The van der Waals surface area contributed by atoms with Crippen LogP contribution in [0.25, 0.3) is 0 Å². The minimum Gasteiger partial charge on any atom is -0.454 e. The van der Waals surface area contributed by atoms with Gasteiger partial charge in [0.25, 0.3) is 23.4 Å². The van der Waals surface area contributed by atoms with Crippen LogP contribution in [0.1, 0.15) is 40.5 Å². The maximum Gasteiger partial charge on any atom is 0.326 e. The summed E-state index contributed by atoms with van der Waals surface area (Å²) in [5, 5.41) is 13.6. The van der Waals surface area contributed by atoms with Crippen molar-refractivity contribution in [1.82, 2.24) is 10.2 Å². The second-order valence-corrected chi connectivity index (χ2v) is 5.52. The van der Waals surface area contributed by atoms with Gasteiger partial charge in [0, 0.05) is 12.6 Å². The molecule has 0 fully saturated rings. The molecule has 0 spiro atoms. The summed E-state index contributed by atoms with van der Waals surface area (Å²) in [5.41, 5.74) is -1.01. The predicted molar refractivity (Wildman–Crippen MR) is 87.3 cm³/mol. The number of imide groups is 1. The summed E-state index contributed by atoms with van der Waals surface area (Å²) in [7, 11) is 0. The Balaban J connectivity index is 1.98. The van der Waals surface area contributed by atoms with Gasteiger partial charge in [0.05, 0.1) is 10.5 Å². The first kappa shape index (κ1) is 19.0. The summed E-state index contributed by atoms with van der Waals surface area (Å²) in [6.07, 6.45) is 1.68. The number of carbonyl (C=O) groups excluding carboxylic acids is 4. The lowest BCUT2D eigenvalue weighted by molar-refractivity contribution is -0.385. The number of benzene rings is 1. The second kappa shape index (κ2) is 8.19. The fourth-order valence-electron chi connectivity index (χ4n) is 2.39. The molecular formula is C16H17N3O7. The molecule has 1 heterocycles. The summed E-state index contributed by atoms with van der Waals surface area (Å²) >= 11 is 0. The third kappa shape index (κ3) is 4.02. The highest BCUT2D eigenvalue weighted by Gasteiger charge is 2.41. The van der Waals surface area contributed by atoms with E-state index in [9.17, 15) is 29.3 Å².